The lowest BCUT2D eigenvalue weighted by atomic mass is 10.3. The molecule has 1 aromatic rings. The molecule has 1 rings (SSSR count). The third-order valence-electron chi connectivity index (χ3n) is 2.56. The van der Waals surface area contributed by atoms with Gasteiger partial charge in [-0.15, -0.1) is 0 Å². The summed E-state index contributed by atoms with van der Waals surface area (Å²) in [6.07, 6.45) is 0.531. The molecule has 0 saturated carbocycles. The average Bonchev–Trinajstić information content (AvgIpc) is 2.72. The predicted octanol–water partition coefficient (Wildman–Crippen LogP) is 2.39. The van der Waals surface area contributed by atoms with Gasteiger partial charge in [-0.25, -0.2) is 0 Å². The van der Waals surface area contributed by atoms with Crippen LogP contribution < -0.4 is 5.32 Å². The average molecular weight is 303 g/mol. The monoisotopic (exact) mass is 302 g/mol. The van der Waals surface area contributed by atoms with Gasteiger partial charge in [0.2, 0.25) is 5.91 Å². The molecule has 0 bridgehead atoms. The molecule has 1 heterocycles. The van der Waals surface area contributed by atoms with Gasteiger partial charge in [0, 0.05) is 26.1 Å². The summed E-state index contributed by atoms with van der Waals surface area (Å²) in [7, 11) is 0. The molecule has 0 aliphatic carbocycles. The van der Waals surface area contributed by atoms with Gasteiger partial charge >= 0.3 is 0 Å². The number of halogens is 1. The zero-order valence-corrected chi connectivity index (χ0v) is 11.9. The van der Waals surface area contributed by atoms with Crippen molar-refractivity contribution in [3.8, 4) is 0 Å². The largest absolute Gasteiger partial charge is 0.453 e. The van der Waals surface area contributed by atoms with Gasteiger partial charge < -0.3 is 14.6 Å². The van der Waals surface area contributed by atoms with E-state index < -0.39 is 0 Å². The molecule has 0 aliphatic rings. The van der Waals surface area contributed by atoms with E-state index in [9.17, 15) is 4.79 Å². The lowest BCUT2D eigenvalue weighted by molar-refractivity contribution is -0.130. The number of nitrogens with zero attached hydrogens (tertiary/aromatic N) is 1. The molecule has 0 fully saturated rings. The Morgan fingerprint density at radius 1 is 1.41 bits per heavy atom. The maximum atomic E-state index is 11.7. The Morgan fingerprint density at radius 2 is 2.12 bits per heavy atom. The Labute approximate surface area is 110 Å². The molecule has 0 radical (unpaired) electrons. The van der Waals surface area contributed by atoms with Crippen molar-refractivity contribution in [1.29, 1.82) is 0 Å². The molecule has 0 saturated heterocycles. The van der Waals surface area contributed by atoms with Crippen LogP contribution in [0.3, 0.4) is 0 Å². The van der Waals surface area contributed by atoms with Gasteiger partial charge in [0.25, 0.3) is 0 Å². The summed E-state index contributed by atoms with van der Waals surface area (Å²) in [5.74, 6) is 1.07. The number of hydrogen-bond acceptors (Lipinski definition) is 3. The van der Waals surface area contributed by atoms with Crippen molar-refractivity contribution in [3.63, 3.8) is 0 Å². The molecular formula is C12H19BrN2O2. The van der Waals surface area contributed by atoms with Crippen LogP contribution in [0.4, 0.5) is 0 Å². The van der Waals surface area contributed by atoms with E-state index in [0.29, 0.717) is 19.5 Å². The zero-order valence-electron chi connectivity index (χ0n) is 10.3. The van der Waals surface area contributed by atoms with Crippen LogP contribution in [0.15, 0.2) is 21.2 Å². The normalized spacial score (nSPS) is 10.5. The first-order valence-corrected chi connectivity index (χ1v) is 6.69. The van der Waals surface area contributed by atoms with Gasteiger partial charge in [0.1, 0.15) is 5.76 Å². The van der Waals surface area contributed by atoms with Crippen LogP contribution in [0.5, 0.6) is 0 Å². The van der Waals surface area contributed by atoms with Crippen molar-refractivity contribution in [2.75, 3.05) is 19.6 Å². The highest BCUT2D eigenvalue weighted by Gasteiger charge is 2.08. The Morgan fingerprint density at radius 3 is 2.65 bits per heavy atom. The van der Waals surface area contributed by atoms with Crippen LogP contribution in [0, 0.1) is 0 Å². The lowest BCUT2D eigenvalue weighted by Crippen LogP contribution is -2.32. The van der Waals surface area contributed by atoms with E-state index in [4.69, 9.17) is 4.42 Å². The highest BCUT2D eigenvalue weighted by molar-refractivity contribution is 9.10. The SMILES string of the molecule is CCN(CC)C(=O)CCNCc1ccc(Br)o1. The van der Waals surface area contributed by atoms with Crippen LogP contribution in [-0.4, -0.2) is 30.4 Å². The van der Waals surface area contributed by atoms with Gasteiger partial charge in [0.05, 0.1) is 6.54 Å². The summed E-state index contributed by atoms with van der Waals surface area (Å²) in [6.45, 7) is 6.87. The summed E-state index contributed by atoms with van der Waals surface area (Å²) in [5, 5.41) is 3.19. The summed E-state index contributed by atoms with van der Waals surface area (Å²) in [4.78, 5) is 13.5. The van der Waals surface area contributed by atoms with E-state index in [1.807, 2.05) is 30.9 Å². The van der Waals surface area contributed by atoms with Crippen molar-refractivity contribution in [3.05, 3.63) is 22.6 Å². The molecule has 5 heteroatoms. The van der Waals surface area contributed by atoms with Crippen LogP contribution in [-0.2, 0) is 11.3 Å². The molecule has 1 N–H and O–H groups in total. The molecule has 1 amide bonds. The van der Waals surface area contributed by atoms with E-state index in [0.717, 1.165) is 23.5 Å². The number of rotatable bonds is 7. The number of amides is 1. The number of furan rings is 1. The minimum Gasteiger partial charge on any atom is -0.453 e. The van der Waals surface area contributed by atoms with Crippen molar-refractivity contribution in [2.45, 2.75) is 26.8 Å². The van der Waals surface area contributed by atoms with E-state index >= 15 is 0 Å². The van der Waals surface area contributed by atoms with Crippen molar-refractivity contribution >= 4 is 21.8 Å². The van der Waals surface area contributed by atoms with E-state index in [2.05, 4.69) is 21.2 Å². The van der Waals surface area contributed by atoms with Gasteiger partial charge in [-0.05, 0) is 41.9 Å². The molecule has 0 aromatic carbocycles. The Kier molecular flexibility index (Phi) is 6.29. The molecule has 96 valence electrons. The smallest absolute Gasteiger partial charge is 0.223 e. The third-order valence-corrected chi connectivity index (χ3v) is 2.99. The first-order valence-electron chi connectivity index (χ1n) is 5.90. The first kappa shape index (κ1) is 14.3. The van der Waals surface area contributed by atoms with Crippen molar-refractivity contribution < 1.29 is 9.21 Å². The van der Waals surface area contributed by atoms with Crippen LogP contribution in [0.25, 0.3) is 0 Å². The fourth-order valence-electron chi connectivity index (χ4n) is 1.59. The second-order valence-electron chi connectivity index (χ2n) is 3.70. The lowest BCUT2D eigenvalue weighted by Gasteiger charge is -2.18. The van der Waals surface area contributed by atoms with Crippen molar-refractivity contribution in [2.24, 2.45) is 0 Å². The molecule has 0 atom stereocenters. The number of hydrogen-bond donors (Lipinski definition) is 1. The molecular weight excluding hydrogens is 284 g/mol. The number of carbonyl (C=O) groups is 1. The second kappa shape index (κ2) is 7.50. The molecule has 1 aromatic heterocycles. The molecule has 0 aliphatic heterocycles. The van der Waals surface area contributed by atoms with Gasteiger partial charge in [0.15, 0.2) is 4.67 Å². The fourth-order valence-corrected chi connectivity index (χ4v) is 1.93. The predicted molar refractivity (Wildman–Crippen MR) is 70.7 cm³/mol. The van der Waals surface area contributed by atoms with E-state index in [1.54, 1.807) is 0 Å². The van der Waals surface area contributed by atoms with E-state index in [1.165, 1.54) is 0 Å². The minimum absolute atomic E-state index is 0.197. The Hall–Kier alpha value is -0.810. The fraction of sp³-hybridized carbons (Fsp3) is 0.583. The number of carbonyl (C=O) groups excluding carboxylic acids is 1. The third kappa shape index (κ3) is 4.91. The van der Waals surface area contributed by atoms with Gasteiger partial charge in [-0.3, -0.25) is 4.79 Å². The van der Waals surface area contributed by atoms with Crippen molar-refractivity contribution in [1.82, 2.24) is 10.2 Å². The standard InChI is InChI=1S/C12H19BrN2O2/c1-3-15(4-2)12(16)7-8-14-9-10-5-6-11(13)17-10/h5-6,14H,3-4,7-9H2,1-2H3. The quantitative estimate of drug-likeness (QED) is 0.787. The second-order valence-corrected chi connectivity index (χ2v) is 4.48. The van der Waals surface area contributed by atoms with Gasteiger partial charge in [-0.1, -0.05) is 0 Å². The highest BCUT2D eigenvalue weighted by atomic mass is 79.9. The van der Waals surface area contributed by atoms with Gasteiger partial charge in [-0.2, -0.15) is 0 Å². The highest BCUT2D eigenvalue weighted by Crippen LogP contribution is 2.13. The van der Waals surface area contributed by atoms with Crippen LogP contribution >= 0.6 is 15.9 Å². The minimum atomic E-state index is 0.197. The summed E-state index contributed by atoms with van der Waals surface area (Å²) < 4.78 is 6.07. The molecule has 0 unspecified atom stereocenters. The maximum absolute atomic E-state index is 11.7. The molecule has 0 spiro atoms. The summed E-state index contributed by atoms with van der Waals surface area (Å²) in [5.41, 5.74) is 0. The number of nitrogens with one attached hydrogen (secondary N) is 1. The van der Waals surface area contributed by atoms with Crippen LogP contribution in [0.2, 0.25) is 0 Å². The first-order chi connectivity index (χ1) is 8.17. The summed E-state index contributed by atoms with van der Waals surface area (Å²) >= 11 is 3.25. The molecule has 17 heavy (non-hydrogen) atoms. The Bertz CT molecular complexity index is 348. The Balaban J connectivity index is 2.17. The topological polar surface area (TPSA) is 45.5 Å². The maximum Gasteiger partial charge on any atom is 0.223 e. The zero-order chi connectivity index (χ0) is 12.7. The van der Waals surface area contributed by atoms with Crippen LogP contribution in [0.1, 0.15) is 26.0 Å². The van der Waals surface area contributed by atoms with E-state index in [-0.39, 0.29) is 5.91 Å². The summed E-state index contributed by atoms with van der Waals surface area (Å²) in [6, 6.07) is 3.77. The molecule has 4 nitrogen and oxygen atoms in total.